The molecule has 4 heterocycles. The molecule has 2 aliphatic heterocycles. The molecule has 6 aromatic rings. The minimum Gasteiger partial charge on any atom is -0.480 e. The molecule has 17 nitrogen and oxygen atoms in total. The molecule has 0 saturated carbocycles. The zero-order valence-corrected chi connectivity index (χ0v) is 42.4. The summed E-state index contributed by atoms with van der Waals surface area (Å²) < 4.78 is 71.1. The van der Waals surface area contributed by atoms with Crippen LogP contribution in [0.25, 0.3) is 11.8 Å². The minimum atomic E-state index is -4.15. The van der Waals surface area contributed by atoms with Gasteiger partial charge in [-0.15, -0.1) is 5.10 Å². The van der Waals surface area contributed by atoms with E-state index in [1.165, 1.54) is 16.8 Å². The van der Waals surface area contributed by atoms with E-state index in [1.807, 2.05) is 43.3 Å². The van der Waals surface area contributed by atoms with Gasteiger partial charge in [-0.25, -0.2) is 13.5 Å². The van der Waals surface area contributed by atoms with E-state index in [4.69, 9.17) is 10.5 Å². The fraction of sp³-hybridized carbons (Fsp3) is 0.278. The van der Waals surface area contributed by atoms with Gasteiger partial charge >= 0.3 is 6.97 Å². The SMILES string of the molecule is CC1=CC(C)=[N+]2C1=Cc1ccc(CCC(=O)NCc3cn(-c4cccc(C(=O)NC(CCCCN)C(=O)COc5c(F)cc(CCNC(=O)c6ccc(/N=N/c7ccc(N(C)C)cc7)cc6)cc5F)c4)nn3)n1[B-]2(F)F. The topological polar surface area (TPSA) is 206 Å². The van der Waals surface area contributed by atoms with E-state index in [9.17, 15) is 19.2 Å². The second-order valence-electron chi connectivity index (χ2n) is 18.7. The molecule has 0 radical (unpaired) electrons. The van der Waals surface area contributed by atoms with E-state index in [0.717, 1.165) is 32.4 Å². The highest BCUT2D eigenvalue weighted by Crippen LogP contribution is 2.36. The number of carbonyl (C=O) groups is 4. The number of Topliss-reactive ketones (excluding diaryl/α,β-unsaturated/α-hetero) is 1. The summed E-state index contributed by atoms with van der Waals surface area (Å²) in [5.41, 5.74) is 11.9. The summed E-state index contributed by atoms with van der Waals surface area (Å²) in [6, 6.07) is 24.7. The summed E-state index contributed by atoms with van der Waals surface area (Å²) >= 11 is 0. The molecule has 3 amide bonds. The van der Waals surface area contributed by atoms with Gasteiger partial charge in [-0.2, -0.15) is 10.2 Å². The number of aromatic nitrogens is 4. The van der Waals surface area contributed by atoms with Crippen molar-refractivity contribution >= 4 is 59.3 Å². The molecule has 8 rings (SSSR count). The van der Waals surface area contributed by atoms with Crippen LogP contribution in [0.5, 0.6) is 5.75 Å². The van der Waals surface area contributed by atoms with Crippen molar-refractivity contribution in [2.24, 2.45) is 16.0 Å². The standard InChI is InChI=1S/C54H57BF4N12O5/c1-34-26-35(2)70-49(34)30-45-20-19-43(71(45)55(70,58)59)21-22-51(73)62-31-41-32-69(67-66-41)44-9-7-8-38(29-44)54(75)63-48(10-5-6-24-60)50(72)33-76-52-46(56)27-36(28-47(52)57)23-25-61-53(74)37-11-13-39(14-12-37)64-65-40-15-17-42(18-16-40)68(3)4/h7-9,11-20,26-30,32,48H,5-6,10,21-25,31,33,60H2,1-4H3,(H,61,74)(H,62,73)(H,63,75)/b65-64+. The smallest absolute Gasteiger partial charge is 0.480 e. The van der Waals surface area contributed by atoms with Crippen molar-refractivity contribution < 1.29 is 45.8 Å². The van der Waals surface area contributed by atoms with Crippen LogP contribution >= 0.6 is 0 Å². The molecule has 0 aliphatic carbocycles. The predicted molar refractivity (Wildman–Crippen MR) is 280 cm³/mol. The number of halogens is 4. The zero-order valence-electron chi connectivity index (χ0n) is 42.4. The molecular formula is C54H57BF4N12O5. The molecule has 0 saturated heterocycles. The van der Waals surface area contributed by atoms with Crippen molar-refractivity contribution in [1.29, 1.82) is 0 Å². The summed E-state index contributed by atoms with van der Waals surface area (Å²) in [6.07, 6.45) is 6.32. The van der Waals surface area contributed by atoms with Gasteiger partial charge in [0.2, 0.25) is 5.91 Å². The number of fused-ring (bicyclic) bond motifs is 2. The molecule has 76 heavy (non-hydrogen) atoms. The number of ketones is 1. The Morgan fingerprint density at radius 1 is 0.842 bits per heavy atom. The monoisotopic (exact) mass is 1040 g/mol. The molecule has 1 unspecified atom stereocenters. The lowest BCUT2D eigenvalue weighted by Gasteiger charge is -2.31. The number of hydrogen-bond acceptors (Lipinski definition) is 11. The maximum absolute atomic E-state index is 15.8. The highest BCUT2D eigenvalue weighted by molar-refractivity contribution is 6.58. The van der Waals surface area contributed by atoms with Crippen LogP contribution in [0.3, 0.4) is 0 Å². The third kappa shape index (κ3) is 12.7. The number of nitrogens with one attached hydrogen (secondary N) is 3. The summed E-state index contributed by atoms with van der Waals surface area (Å²) in [4.78, 5) is 54.8. The minimum absolute atomic E-state index is 0.00209. The first-order valence-corrected chi connectivity index (χ1v) is 24.7. The summed E-state index contributed by atoms with van der Waals surface area (Å²) in [5, 5.41) is 24.9. The lowest BCUT2D eigenvalue weighted by molar-refractivity contribution is -0.362. The molecule has 22 heteroatoms. The van der Waals surface area contributed by atoms with Gasteiger partial charge in [0, 0.05) is 74.2 Å². The van der Waals surface area contributed by atoms with Crippen LogP contribution in [0.4, 0.5) is 34.5 Å². The second-order valence-corrected chi connectivity index (χ2v) is 18.7. The van der Waals surface area contributed by atoms with Crippen molar-refractivity contribution in [2.75, 3.05) is 38.7 Å². The van der Waals surface area contributed by atoms with E-state index in [-0.39, 0.29) is 55.8 Å². The third-order valence-corrected chi connectivity index (χ3v) is 12.9. The highest BCUT2D eigenvalue weighted by atomic mass is 19.2. The van der Waals surface area contributed by atoms with Crippen LogP contribution in [0.15, 0.2) is 131 Å². The molecule has 5 N–H and O–H groups in total. The van der Waals surface area contributed by atoms with Crippen molar-refractivity contribution in [3.8, 4) is 11.4 Å². The van der Waals surface area contributed by atoms with E-state index in [1.54, 1.807) is 80.7 Å². The number of allylic oxidation sites excluding steroid dienone is 2. The Bertz CT molecular complexity index is 3250. The van der Waals surface area contributed by atoms with Crippen LogP contribution in [0, 0.1) is 11.6 Å². The van der Waals surface area contributed by atoms with Crippen molar-refractivity contribution in [2.45, 2.75) is 65.0 Å². The normalized spacial score (nSPS) is 13.9. The number of hydrogen-bond donors (Lipinski definition) is 4. The van der Waals surface area contributed by atoms with Crippen molar-refractivity contribution in [3.05, 3.63) is 166 Å². The van der Waals surface area contributed by atoms with Crippen molar-refractivity contribution in [3.63, 3.8) is 0 Å². The number of unbranched alkanes of at least 4 members (excludes halogenated alkanes) is 1. The first kappa shape index (κ1) is 53.8. The lowest BCUT2D eigenvalue weighted by Crippen LogP contribution is -2.50. The van der Waals surface area contributed by atoms with E-state index in [2.05, 4.69) is 36.5 Å². The Morgan fingerprint density at radius 3 is 2.25 bits per heavy atom. The molecular weight excluding hydrogens is 983 g/mol. The highest BCUT2D eigenvalue weighted by Gasteiger charge is 2.52. The number of rotatable bonds is 23. The average Bonchev–Trinajstić information content (AvgIpc) is 4.16. The number of azo groups is 1. The van der Waals surface area contributed by atoms with Crippen LogP contribution in [-0.2, 0) is 29.0 Å². The quantitative estimate of drug-likeness (QED) is 0.0212. The molecule has 2 aliphatic rings. The number of carbonyl (C=O) groups excluding carboxylic acids is 4. The van der Waals surface area contributed by atoms with Crippen LogP contribution in [0.1, 0.15) is 82.9 Å². The van der Waals surface area contributed by atoms with E-state index < -0.39 is 54.6 Å². The fourth-order valence-electron chi connectivity index (χ4n) is 8.93. The first-order valence-electron chi connectivity index (χ1n) is 24.7. The van der Waals surface area contributed by atoms with Gasteiger partial charge in [0.15, 0.2) is 28.9 Å². The van der Waals surface area contributed by atoms with Gasteiger partial charge in [0.1, 0.15) is 18.0 Å². The Morgan fingerprint density at radius 2 is 1.55 bits per heavy atom. The van der Waals surface area contributed by atoms with Gasteiger partial charge in [-0.3, -0.25) is 19.2 Å². The Labute approximate surface area is 436 Å². The largest absolute Gasteiger partial charge is 0.737 e. The second kappa shape index (κ2) is 23.8. The summed E-state index contributed by atoms with van der Waals surface area (Å²) in [5.74, 6) is -4.88. The van der Waals surface area contributed by atoms with E-state index in [0.29, 0.717) is 70.5 Å². The van der Waals surface area contributed by atoms with Gasteiger partial charge in [-0.1, -0.05) is 11.3 Å². The van der Waals surface area contributed by atoms with E-state index >= 15 is 17.4 Å². The third-order valence-electron chi connectivity index (χ3n) is 12.9. The van der Waals surface area contributed by atoms with Crippen LogP contribution < -0.4 is 31.3 Å². The predicted octanol–water partition coefficient (Wildman–Crippen LogP) is 7.94. The van der Waals surface area contributed by atoms with Crippen LogP contribution in [0.2, 0.25) is 0 Å². The maximum atomic E-state index is 15.8. The summed E-state index contributed by atoms with van der Waals surface area (Å²) in [6.45, 7) is -1.05. The number of nitrogens with two attached hydrogens (primary N) is 1. The van der Waals surface area contributed by atoms with Gasteiger partial charge in [0.05, 0.1) is 35.8 Å². The van der Waals surface area contributed by atoms with Gasteiger partial charge in [0.25, 0.3) is 11.8 Å². The molecule has 2 aromatic heterocycles. The lowest BCUT2D eigenvalue weighted by atomic mass is 9.89. The molecule has 0 bridgehead atoms. The van der Waals surface area contributed by atoms with Gasteiger partial charge < -0.3 is 48.9 Å². The average molecular weight is 1040 g/mol. The maximum Gasteiger partial charge on any atom is 0.737 e. The number of aryl methyl sites for hydroxylation is 1. The number of anilines is 1. The zero-order chi connectivity index (χ0) is 54.1. The molecule has 0 spiro atoms. The molecule has 1 atom stereocenters. The Balaban J connectivity index is 0.802. The molecule has 4 aromatic carbocycles. The Hall–Kier alpha value is -8.53. The number of benzene rings is 4. The molecule has 0 fully saturated rings. The molecule has 394 valence electrons. The summed E-state index contributed by atoms with van der Waals surface area (Å²) in [7, 11) is 3.89. The van der Waals surface area contributed by atoms with Gasteiger partial charge in [-0.05, 0) is 148 Å². The first-order chi connectivity index (χ1) is 36.5. The number of amides is 3. The number of nitrogens with zero attached hydrogens (tertiary/aromatic N) is 8. The van der Waals surface area contributed by atoms with Crippen LogP contribution in [-0.4, -0.2) is 100.0 Å². The number of ether oxygens (including phenoxy) is 1. The van der Waals surface area contributed by atoms with Crippen molar-refractivity contribution in [1.82, 2.24) is 35.4 Å². The fourth-order valence-corrected chi connectivity index (χ4v) is 8.93. The Kier molecular flexibility index (Phi) is 16.8.